The lowest BCUT2D eigenvalue weighted by atomic mass is 10.3. The minimum Gasteiger partial charge on any atom is -0.338 e. The molecule has 0 aliphatic carbocycles. The first kappa shape index (κ1) is 17.0. The van der Waals surface area contributed by atoms with Gasteiger partial charge >= 0.3 is 6.03 Å². The zero-order valence-corrected chi connectivity index (χ0v) is 14.8. The Kier molecular flexibility index (Phi) is 6.44. The molecule has 0 spiro atoms. The van der Waals surface area contributed by atoms with E-state index in [0.29, 0.717) is 26.2 Å². The zero-order valence-electron chi connectivity index (χ0n) is 12.6. The lowest BCUT2D eigenvalue weighted by Gasteiger charge is -2.34. The number of nitrogens with zero attached hydrogens (tertiary/aromatic N) is 2. The number of piperazine rings is 1. The molecule has 1 aliphatic heterocycles. The summed E-state index contributed by atoms with van der Waals surface area (Å²) in [6, 6.07) is 7.70. The normalized spacial score (nSPS) is 15.5. The number of nitrogens with one attached hydrogen (secondary N) is 2. The molecule has 1 aromatic rings. The molecule has 1 heterocycles. The fourth-order valence-electron chi connectivity index (χ4n) is 2.34. The highest BCUT2D eigenvalue weighted by molar-refractivity contribution is 14.1. The van der Waals surface area contributed by atoms with Gasteiger partial charge in [0.1, 0.15) is 0 Å². The highest BCUT2D eigenvalue weighted by atomic mass is 127. The van der Waals surface area contributed by atoms with Crippen LogP contribution in [0.15, 0.2) is 24.3 Å². The van der Waals surface area contributed by atoms with E-state index in [9.17, 15) is 9.59 Å². The van der Waals surface area contributed by atoms with Gasteiger partial charge in [0.15, 0.2) is 0 Å². The number of halogens is 1. The van der Waals surface area contributed by atoms with E-state index in [1.165, 1.54) is 0 Å². The Bertz CT molecular complexity index is 530. The van der Waals surface area contributed by atoms with E-state index in [0.717, 1.165) is 22.3 Å². The van der Waals surface area contributed by atoms with Gasteiger partial charge in [-0.05, 0) is 47.7 Å². The van der Waals surface area contributed by atoms with Crippen LogP contribution in [0.4, 0.5) is 10.5 Å². The highest BCUT2D eigenvalue weighted by Gasteiger charge is 2.21. The predicted molar refractivity (Wildman–Crippen MR) is 94.9 cm³/mol. The number of hydrogen-bond donors (Lipinski definition) is 2. The van der Waals surface area contributed by atoms with Crippen LogP contribution in [0.5, 0.6) is 0 Å². The van der Waals surface area contributed by atoms with Gasteiger partial charge in [0.2, 0.25) is 5.91 Å². The summed E-state index contributed by atoms with van der Waals surface area (Å²) in [6.45, 7) is 5.65. The number of anilines is 1. The molecule has 3 amide bonds. The SMILES string of the molecule is CCNC(=O)N1CCN(CC(=O)Nc2cccc(I)c2)CC1. The summed E-state index contributed by atoms with van der Waals surface area (Å²) in [5, 5.41) is 5.70. The molecule has 1 aliphatic rings. The Balaban J connectivity index is 1.76. The van der Waals surface area contributed by atoms with Crippen LogP contribution in [-0.4, -0.2) is 61.0 Å². The van der Waals surface area contributed by atoms with Crippen LogP contribution in [0.25, 0.3) is 0 Å². The summed E-state index contributed by atoms with van der Waals surface area (Å²) >= 11 is 2.22. The molecule has 1 fully saturated rings. The number of benzene rings is 1. The van der Waals surface area contributed by atoms with Crippen LogP contribution in [0.3, 0.4) is 0 Å². The molecule has 1 saturated heterocycles. The lowest BCUT2D eigenvalue weighted by Crippen LogP contribution is -2.53. The maximum Gasteiger partial charge on any atom is 0.317 e. The molecule has 0 unspecified atom stereocenters. The molecule has 0 radical (unpaired) electrons. The van der Waals surface area contributed by atoms with Gasteiger partial charge in [-0.1, -0.05) is 6.07 Å². The first-order chi connectivity index (χ1) is 10.6. The Hall–Kier alpha value is -1.35. The van der Waals surface area contributed by atoms with E-state index >= 15 is 0 Å². The number of rotatable bonds is 4. The van der Waals surface area contributed by atoms with Crippen molar-refractivity contribution < 1.29 is 9.59 Å². The molecule has 0 atom stereocenters. The zero-order chi connectivity index (χ0) is 15.9. The van der Waals surface area contributed by atoms with E-state index in [-0.39, 0.29) is 11.9 Å². The van der Waals surface area contributed by atoms with Gasteiger partial charge in [0.25, 0.3) is 0 Å². The van der Waals surface area contributed by atoms with E-state index in [4.69, 9.17) is 0 Å². The van der Waals surface area contributed by atoms with Gasteiger partial charge in [-0.25, -0.2) is 4.79 Å². The molecular formula is C15H21IN4O2. The minimum absolute atomic E-state index is 0.0199. The van der Waals surface area contributed by atoms with Crippen molar-refractivity contribution in [1.29, 1.82) is 0 Å². The molecule has 22 heavy (non-hydrogen) atoms. The summed E-state index contributed by atoms with van der Waals surface area (Å²) in [6.07, 6.45) is 0. The van der Waals surface area contributed by atoms with Crippen molar-refractivity contribution in [2.75, 3.05) is 44.6 Å². The number of carbonyl (C=O) groups is 2. The van der Waals surface area contributed by atoms with Gasteiger partial charge in [-0.3, -0.25) is 9.69 Å². The maximum atomic E-state index is 12.1. The molecule has 2 rings (SSSR count). The number of carbonyl (C=O) groups excluding carboxylic acids is 2. The second-order valence-corrected chi connectivity index (χ2v) is 6.40. The molecule has 7 heteroatoms. The van der Waals surface area contributed by atoms with Gasteiger partial charge in [-0.15, -0.1) is 0 Å². The second-order valence-electron chi connectivity index (χ2n) is 5.16. The number of amides is 3. The smallest absolute Gasteiger partial charge is 0.317 e. The molecule has 6 nitrogen and oxygen atoms in total. The van der Waals surface area contributed by atoms with Gasteiger partial charge in [-0.2, -0.15) is 0 Å². The molecule has 0 saturated carbocycles. The number of urea groups is 1. The predicted octanol–water partition coefficient (Wildman–Crippen LogP) is 1.58. The first-order valence-electron chi connectivity index (χ1n) is 7.39. The molecular weight excluding hydrogens is 395 g/mol. The second kappa shape index (κ2) is 8.33. The molecule has 2 N–H and O–H groups in total. The third kappa shape index (κ3) is 5.13. The Labute approximate surface area is 144 Å². The fourth-order valence-corrected chi connectivity index (χ4v) is 2.89. The van der Waals surface area contributed by atoms with Crippen LogP contribution >= 0.6 is 22.6 Å². The van der Waals surface area contributed by atoms with Crippen molar-refractivity contribution in [2.45, 2.75) is 6.92 Å². The lowest BCUT2D eigenvalue weighted by molar-refractivity contribution is -0.117. The van der Waals surface area contributed by atoms with Crippen molar-refractivity contribution in [3.05, 3.63) is 27.8 Å². The largest absolute Gasteiger partial charge is 0.338 e. The summed E-state index contributed by atoms with van der Waals surface area (Å²) < 4.78 is 1.09. The van der Waals surface area contributed by atoms with Crippen LogP contribution in [-0.2, 0) is 4.79 Å². The van der Waals surface area contributed by atoms with Gasteiger partial charge in [0.05, 0.1) is 6.54 Å². The van der Waals surface area contributed by atoms with Crippen molar-refractivity contribution in [1.82, 2.24) is 15.1 Å². The summed E-state index contributed by atoms with van der Waals surface area (Å²) in [5.74, 6) is -0.0199. The van der Waals surface area contributed by atoms with Crippen LogP contribution in [0.1, 0.15) is 6.92 Å². The Morgan fingerprint density at radius 2 is 1.95 bits per heavy atom. The summed E-state index contributed by atoms with van der Waals surface area (Å²) in [5.41, 5.74) is 0.817. The van der Waals surface area contributed by atoms with Crippen LogP contribution in [0, 0.1) is 3.57 Å². The fraction of sp³-hybridized carbons (Fsp3) is 0.467. The Morgan fingerprint density at radius 3 is 2.59 bits per heavy atom. The third-order valence-electron chi connectivity index (χ3n) is 3.46. The van der Waals surface area contributed by atoms with Crippen molar-refractivity contribution in [2.24, 2.45) is 0 Å². The van der Waals surface area contributed by atoms with Gasteiger partial charge in [0, 0.05) is 42.0 Å². The Morgan fingerprint density at radius 1 is 1.23 bits per heavy atom. The quantitative estimate of drug-likeness (QED) is 0.733. The highest BCUT2D eigenvalue weighted by Crippen LogP contribution is 2.12. The summed E-state index contributed by atoms with van der Waals surface area (Å²) in [4.78, 5) is 27.6. The molecule has 120 valence electrons. The van der Waals surface area contributed by atoms with E-state index < -0.39 is 0 Å². The van der Waals surface area contributed by atoms with Crippen molar-refractivity contribution in [3.63, 3.8) is 0 Å². The number of hydrogen-bond acceptors (Lipinski definition) is 3. The third-order valence-corrected chi connectivity index (χ3v) is 4.13. The van der Waals surface area contributed by atoms with Crippen LogP contribution < -0.4 is 10.6 Å². The molecule has 1 aromatic carbocycles. The summed E-state index contributed by atoms with van der Waals surface area (Å²) in [7, 11) is 0. The van der Waals surface area contributed by atoms with Crippen molar-refractivity contribution in [3.8, 4) is 0 Å². The minimum atomic E-state index is -0.0227. The van der Waals surface area contributed by atoms with E-state index in [1.54, 1.807) is 4.90 Å². The van der Waals surface area contributed by atoms with Crippen LogP contribution in [0.2, 0.25) is 0 Å². The monoisotopic (exact) mass is 416 g/mol. The average molecular weight is 416 g/mol. The molecule has 0 aromatic heterocycles. The van der Waals surface area contributed by atoms with E-state index in [2.05, 4.69) is 38.1 Å². The molecule has 0 bridgehead atoms. The average Bonchev–Trinajstić information content (AvgIpc) is 2.48. The maximum absolute atomic E-state index is 12.1. The first-order valence-corrected chi connectivity index (χ1v) is 8.47. The van der Waals surface area contributed by atoms with Crippen molar-refractivity contribution >= 4 is 40.2 Å². The topological polar surface area (TPSA) is 64.7 Å². The standard InChI is InChI=1S/C15H21IN4O2/c1-2-17-15(22)20-8-6-19(7-9-20)11-14(21)18-13-5-3-4-12(16)10-13/h3-5,10H,2,6-9,11H2,1H3,(H,17,22)(H,18,21). The van der Waals surface area contributed by atoms with Gasteiger partial charge < -0.3 is 15.5 Å². The van der Waals surface area contributed by atoms with E-state index in [1.807, 2.05) is 31.2 Å².